The summed E-state index contributed by atoms with van der Waals surface area (Å²) in [7, 11) is 1.92. The molecule has 2 rings (SSSR count). The summed E-state index contributed by atoms with van der Waals surface area (Å²) >= 11 is 1.76. The molecule has 1 aliphatic rings. The third-order valence-electron chi connectivity index (χ3n) is 3.61. The van der Waals surface area contributed by atoms with Gasteiger partial charge in [-0.25, -0.2) is 4.39 Å². The molecule has 1 fully saturated rings. The van der Waals surface area contributed by atoms with Gasteiger partial charge in [-0.3, -0.25) is 4.99 Å². The second kappa shape index (κ2) is 7.83. The first kappa shape index (κ1) is 17.1. The zero-order chi connectivity index (χ0) is 16.0. The summed E-state index contributed by atoms with van der Waals surface area (Å²) in [6, 6.07) is 6.57. The molecular formula is C16H24FN3OS. The first-order valence-corrected chi connectivity index (χ1v) is 8.72. The smallest absolute Gasteiger partial charge is 0.194 e. The topological polar surface area (TPSA) is 47.9 Å². The molecule has 0 bridgehead atoms. The highest BCUT2D eigenvalue weighted by Crippen LogP contribution is 2.27. The molecule has 1 heterocycles. The van der Waals surface area contributed by atoms with Gasteiger partial charge in [-0.15, -0.1) is 0 Å². The Morgan fingerprint density at radius 1 is 1.55 bits per heavy atom. The van der Waals surface area contributed by atoms with Gasteiger partial charge in [-0.1, -0.05) is 12.1 Å². The number of aliphatic hydroxyl groups is 1. The van der Waals surface area contributed by atoms with Crippen LogP contribution in [0.1, 0.15) is 18.9 Å². The Hall–Kier alpha value is -1.27. The fourth-order valence-corrected chi connectivity index (χ4v) is 3.68. The molecular weight excluding hydrogens is 301 g/mol. The lowest BCUT2D eigenvalue weighted by Crippen LogP contribution is -2.41. The van der Waals surface area contributed by atoms with Crippen molar-refractivity contribution in [2.75, 3.05) is 31.6 Å². The minimum absolute atomic E-state index is 0.231. The van der Waals surface area contributed by atoms with Gasteiger partial charge in [0.1, 0.15) is 5.82 Å². The molecule has 1 aromatic carbocycles. The summed E-state index contributed by atoms with van der Waals surface area (Å²) in [4.78, 5) is 6.51. The van der Waals surface area contributed by atoms with Crippen LogP contribution in [0.3, 0.4) is 0 Å². The average molecular weight is 325 g/mol. The van der Waals surface area contributed by atoms with Crippen LogP contribution < -0.4 is 5.32 Å². The van der Waals surface area contributed by atoms with Gasteiger partial charge in [0.05, 0.1) is 12.1 Å². The minimum Gasteiger partial charge on any atom is -0.387 e. The third-order valence-corrected chi connectivity index (χ3v) is 4.85. The van der Waals surface area contributed by atoms with Crippen molar-refractivity contribution in [2.24, 2.45) is 4.99 Å². The summed E-state index contributed by atoms with van der Waals surface area (Å²) in [6.45, 7) is 3.72. The van der Waals surface area contributed by atoms with Crippen molar-refractivity contribution in [1.82, 2.24) is 10.2 Å². The Balaban J connectivity index is 2.02. The van der Waals surface area contributed by atoms with Crippen LogP contribution >= 0.6 is 11.8 Å². The van der Waals surface area contributed by atoms with E-state index >= 15 is 0 Å². The number of benzene rings is 1. The molecule has 0 amide bonds. The number of hydrogen-bond acceptors (Lipinski definition) is 3. The van der Waals surface area contributed by atoms with Gasteiger partial charge >= 0.3 is 0 Å². The summed E-state index contributed by atoms with van der Waals surface area (Å²) in [5.74, 6) is 2.23. The number of rotatable bonds is 5. The van der Waals surface area contributed by atoms with Crippen LogP contribution in [0.25, 0.3) is 0 Å². The fourth-order valence-electron chi connectivity index (χ4n) is 2.40. The third kappa shape index (κ3) is 4.88. The number of aliphatic imine (C=N–C) groups is 1. The van der Waals surface area contributed by atoms with E-state index in [1.54, 1.807) is 17.8 Å². The molecule has 1 atom stereocenters. The number of thioether (sulfide) groups is 1. The molecule has 4 nitrogen and oxygen atoms in total. The van der Waals surface area contributed by atoms with E-state index in [4.69, 9.17) is 0 Å². The molecule has 0 spiro atoms. The van der Waals surface area contributed by atoms with Crippen molar-refractivity contribution < 1.29 is 9.50 Å². The molecule has 6 heteroatoms. The second-order valence-corrected chi connectivity index (χ2v) is 6.79. The van der Waals surface area contributed by atoms with Crippen LogP contribution in [-0.4, -0.2) is 53.2 Å². The summed E-state index contributed by atoms with van der Waals surface area (Å²) in [5, 5.41) is 13.6. The molecule has 0 aliphatic carbocycles. The van der Waals surface area contributed by atoms with Gasteiger partial charge < -0.3 is 15.3 Å². The predicted octanol–water partition coefficient (Wildman–Crippen LogP) is 2.09. The van der Waals surface area contributed by atoms with Gasteiger partial charge in [0, 0.05) is 25.9 Å². The predicted molar refractivity (Wildman–Crippen MR) is 90.7 cm³/mol. The Kier molecular flexibility index (Phi) is 6.08. The molecule has 0 saturated carbocycles. The highest BCUT2D eigenvalue weighted by molar-refractivity contribution is 7.99. The second-order valence-electron chi connectivity index (χ2n) is 5.68. The van der Waals surface area contributed by atoms with Crippen molar-refractivity contribution in [3.8, 4) is 0 Å². The van der Waals surface area contributed by atoms with Crippen molar-refractivity contribution in [3.63, 3.8) is 0 Å². The van der Waals surface area contributed by atoms with Gasteiger partial charge in [-0.2, -0.15) is 11.8 Å². The quantitative estimate of drug-likeness (QED) is 0.643. The lowest BCUT2D eigenvalue weighted by Gasteiger charge is -2.24. The van der Waals surface area contributed by atoms with Gasteiger partial charge in [0.25, 0.3) is 0 Å². The van der Waals surface area contributed by atoms with Crippen LogP contribution in [0.4, 0.5) is 4.39 Å². The van der Waals surface area contributed by atoms with Crippen LogP contribution in [0.2, 0.25) is 0 Å². The minimum atomic E-state index is -0.689. The standard InChI is InChI=1S/C16H24FN3OS/c1-3-18-15(19-11-16(21)7-8-22-12-16)20(2)10-13-5-4-6-14(17)9-13/h4-6,9,21H,3,7-8,10-12H2,1-2H3,(H,18,19). The van der Waals surface area contributed by atoms with E-state index in [1.165, 1.54) is 12.1 Å². The average Bonchev–Trinajstić information content (AvgIpc) is 2.90. The van der Waals surface area contributed by atoms with Gasteiger partial charge in [0.15, 0.2) is 5.96 Å². The lowest BCUT2D eigenvalue weighted by atomic mass is 10.0. The van der Waals surface area contributed by atoms with E-state index in [0.29, 0.717) is 13.1 Å². The number of guanidine groups is 1. The number of halogens is 1. The van der Waals surface area contributed by atoms with E-state index < -0.39 is 5.60 Å². The molecule has 122 valence electrons. The Labute approximate surface area is 135 Å². The van der Waals surface area contributed by atoms with Crippen LogP contribution in [0, 0.1) is 5.82 Å². The summed E-state index contributed by atoms with van der Waals surface area (Å²) in [6.07, 6.45) is 0.786. The van der Waals surface area contributed by atoms with Crippen LogP contribution in [0.5, 0.6) is 0 Å². The maximum atomic E-state index is 13.3. The van der Waals surface area contributed by atoms with Crippen LogP contribution in [0.15, 0.2) is 29.3 Å². The molecule has 1 unspecified atom stereocenters. The first-order valence-electron chi connectivity index (χ1n) is 7.56. The maximum Gasteiger partial charge on any atom is 0.194 e. The van der Waals surface area contributed by atoms with Gasteiger partial charge in [0.2, 0.25) is 0 Å². The van der Waals surface area contributed by atoms with Crippen molar-refractivity contribution in [2.45, 2.75) is 25.5 Å². The molecule has 2 N–H and O–H groups in total. The van der Waals surface area contributed by atoms with Crippen molar-refractivity contribution >= 4 is 17.7 Å². The van der Waals surface area contributed by atoms with E-state index in [0.717, 1.165) is 36.0 Å². The summed E-state index contributed by atoms with van der Waals surface area (Å²) < 4.78 is 13.3. The molecule has 1 saturated heterocycles. The van der Waals surface area contributed by atoms with Crippen LogP contribution in [-0.2, 0) is 6.54 Å². The van der Waals surface area contributed by atoms with E-state index in [2.05, 4.69) is 10.3 Å². The van der Waals surface area contributed by atoms with Crippen molar-refractivity contribution in [1.29, 1.82) is 0 Å². The largest absolute Gasteiger partial charge is 0.387 e. The molecule has 1 aliphatic heterocycles. The maximum absolute atomic E-state index is 13.3. The SMILES string of the molecule is CCNC(=NCC1(O)CCSC1)N(C)Cc1cccc(F)c1. The Morgan fingerprint density at radius 3 is 3.00 bits per heavy atom. The number of nitrogens with one attached hydrogen (secondary N) is 1. The van der Waals surface area contributed by atoms with Crippen molar-refractivity contribution in [3.05, 3.63) is 35.6 Å². The van der Waals surface area contributed by atoms with E-state index in [-0.39, 0.29) is 5.82 Å². The van der Waals surface area contributed by atoms with E-state index in [9.17, 15) is 9.50 Å². The molecule has 0 radical (unpaired) electrons. The first-order chi connectivity index (χ1) is 10.5. The fraction of sp³-hybridized carbons (Fsp3) is 0.562. The Morgan fingerprint density at radius 2 is 2.36 bits per heavy atom. The number of hydrogen-bond donors (Lipinski definition) is 2. The highest BCUT2D eigenvalue weighted by atomic mass is 32.2. The normalized spacial score (nSPS) is 21.9. The zero-order valence-electron chi connectivity index (χ0n) is 13.2. The molecule has 1 aromatic rings. The van der Waals surface area contributed by atoms with Gasteiger partial charge in [-0.05, 0) is 36.8 Å². The number of nitrogens with zero attached hydrogens (tertiary/aromatic N) is 2. The Bertz CT molecular complexity index is 518. The monoisotopic (exact) mass is 325 g/mol. The molecule has 0 aromatic heterocycles. The lowest BCUT2D eigenvalue weighted by molar-refractivity contribution is 0.0776. The van der Waals surface area contributed by atoms with E-state index in [1.807, 2.05) is 24.9 Å². The highest BCUT2D eigenvalue weighted by Gasteiger charge is 2.31. The molecule has 22 heavy (non-hydrogen) atoms. The zero-order valence-corrected chi connectivity index (χ0v) is 14.0. The summed E-state index contributed by atoms with van der Waals surface area (Å²) in [5.41, 5.74) is 0.202.